The topological polar surface area (TPSA) is 75.4 Å². The van der Waals surface area contributed by atoms with E-state index in [1.165, 1.54) is 0 Å². The van der Waals surface area contributed by atoms with E-state index in [0.29, 0.717) is 25.4 Å². The first kappa shape index (κ1) is 12.4. The molecule has 5 nitrogen and oxygen atoms in total. The van der Waals surface area contributed by atoms with Crippen molar-refractivity contribution in [3.05, 3.63) is 0 Å². The van der Waals surface area contributed by atoms with Gasteiger partial charge in [-0.15, -0.1) is 0 Å². The van der Waals surface area contributed by atoms with Crippen molar-refractivity contribution in [2.75, 3.05) is 13.1 Å². The molecule has 1 saturated carbocycles. The Balaban J connectivity index is 1.92. The normalized spacial score (nSPS) is 33.6. The molecular formula is C12H21N3O2. The maximum atomic E-state index is 12.1. The molecule has 1 unspecified atom stereocenters. The summed E-state index contributed by atoms with van der Waals surface area (Å²) in [6.45, 7) is 2.96. The van der Waals surface area contributed by atoms with Crippen molar-refractivity contribution in [3.8, 4) is 0 Å². The highest BCUT2D eigenvalue weighted by molar-refractivity contribution is 5.88. The summed E-state index contributed by atoms with van der Waals surface area (Å²) in [7, 11) is 0. The summed E-state index contributed by atoms with van der Waals surface area (Å²) in [4.78, 5) is 25.3. The Bertz CT molecular complexity index is 319. The number of nitrogens with zero attached hydrogens (tertiary/aromatic N) is 1. The second-order valence-electron chi connectivity index (χ2n) is 5.11. The molecule has 2 fully saturated rings. The lowest BCUT2D eigenvalue weighted by atomic mass is 9.99. The fraction of sp³-hybridized carbons (Fsp3) is 0.833. The zero-order valence-corrected chi connectivity index (χ0v) is 10.3. The maximum Gasteiger partial charge on any atom is 0.242 e. The molecule has 1 saturated heterocycles. The SMILES string of the molecule is CC1C(=O)NCCN1C(=O)C[C@@H]1CCC[C@H]1N. The highest BCUT2D eigenvalue weighted by Crippen LogP contribution is 2.27. The smallest absolute Gasteiger partial charge is 0.242 e. The summed E-state index contributed by atoms with van der Waals surface area (Å²) in [5, 5.41) is 2.76. The van der Waals surface area contributed by atoms with Crippen LogP contribution in [0.3, 0.4) is 0 Å². The van der Waals surface area contributed by atoms with Gasteiger partial charge in [0.25, 0.3) is 0 Å². The molecule has 2 aliphatic rings. The highest BCUT2D eigenvalue weighted by Gasteiger charge is 2.32. The Kier molecular flexibility index (Phi) is 3.66. The molecular weight excluding hydrogens is 218 g/mol. The molecule has 3 atom stereocenters. The quantitative estimate of drug-likeness (QED) is 0.703. The molecule has 2 amide bonds. The Hall–Kier alpha value is -1.10. The third kappa shape index (κ3) is 2.60. The van der Waals surface area contributed by atoms with Crippen LogP contribution in [0.4, 0.5) is 0 Å². The number of nitrogens with one attached hydrogen (secondary N) is 1. The number of nitrogens with two attached hydrogens (primary N) is 1. The van der Waals surface area contributed by atoms with E-state index in [1.807, 2.05) is 0 Å². The maximum absolute atomic E-state index is 12.1. The van der Waals surface area contributed by atoms with Crippen LogP contribution in [0.25, 0.3) is 0 Å². The fourth-order valence-electron chi connectivity index (χ4n) is 2.78. The van der Waals surface area contributed by atoms with Crippen molar-refractivity contribution in [2.45, 2.75) is 44.7 Å². The predicted molar refractivity (Wildman–Crippen MR) is 64.1 cm³/mol. The standard InChI is InChI=1S/C12H21N3O2/c1-8-12(17)14-5-6-15(8)11(16)7-9-3-2-4-10(9)13/h8-10H,2-7,13H2,1H3,(H,14,17)/t8?,9-,10+/m0/s1. The first-order valence-corrected chi connectivity index (χ1v) is 6.42. The van der Waals surface area contributed by atoms with Crippen LogP contribution in [0.2, 0.25) is 0 Å². The number of carbonyl (C=O) groups excluding carboxylic acids is 2. The summed E-state index contributed by atoms with van der Waals surface area (Å²) in [5.74, 6) is 0.328. The molecule has 3 N–H and O–H groups in total. The molecule has 0 aromatic heterocycles. The Labute approximate surface area is 102 Å². The molecule has 5 heteroatoms. The fourth-order valence-corrected chi connectivity index (χ4v) is 2.78. The first-order valence-electron chi connectivity index (χ1n) is 6.42. The van der Waals surface area contributed by atoms with Crippen LogP contribution >= 0.6 is 0 Å². The van der Waals surface area contributed by atoms with Crippen LogP contribution in [0.1, 0.15) is 32.6 Å². The van der Waals surface area contributed by atoms with Crippen molar-refractivity contribution in [2.24, 2.45) is 11.7 Å². The zero-order valence-electron chi connectivity index (χ0n) is 10.3. The van der Waals surface area contributed by atoms with E-state index in [9.17, 15) is 9.59 Å². The molecule has 2 rings (SSSR count). The molecule has 96 valence electrons. The van der Waals surface area contributed by atoms with E-state index in [2.05, 4.69) is 5.32 Å². The van der Waals surface area contributed by atoms with Gasteiger partial charge in [-0.3, -0.25) is 9.59 Å². The van der Waals surface area contributed by atoms with E-state index in [0.717, 1.165) is 19.3 Å². The monoisotopic (exact) mass is 239 g/mol. The molecule has 17 heavy (non-hydrogen) atoms. The minimum atomic E-state index is -0.339. The van der Waals surface area contributed by atoms with Gasteiger partial charge in [-0.1, -0.05) is 6.42 Å². The second kappa shape index (κ2) is 5.04. The Morgan fingerprint density at radius 2 is 2.29 bits per heavy atom. The number of rotatable bonds is 2. The van der Waals surface area contributed by atoms with E-state index in [-0.39, 0.29) is 23.9 Å². The largest absolute Gasteiger partial charge is 0.353 e. The van der Waals surface area contributed by atoms with Gasteiger partial charge >= 0.3 is 0 Å². The highest BCUT2D eigenvalue weighted by atomic mass is 16.2. The van der Waals surface area contributed by atoms with E-state index < -0.39 is 0 Å². The van der Waals surface area contributed by atoms with Gasteiger partial charge in [0.1, 0.15) is 6.04 Å². The third-order valence-electron chi connectivity index (χ3n) is 3.97. The average Bonchev–Trinajstić information content (AvgIpc) is 2.68. The van der Waals surface area contributed by atoms with Crippen LogP contribution < -0.4 is 11.1 Å². The van der Waals surface area contributed by atoms with Gasteiger partial charge in [0, 0.05) is 25.6 Å². The first-order chi connectivity index (χ1) is 8.09. The summed E-state index contributed by atoms with van der Waals surface area (Å²) in [6, 6.07) is -0.179. The number of piperazine rings is 1. The van der Waals surface area contributed by atoms with Crippen LogP contribution in [-0.2, 0) is 9.59 Å². The van der Waals surface area contributed by atoms with Gasteiger partial charge in [0.2, 0.25) is 11.8 Å². The molecule has 0 spiro atoms. The predicted octanol–water partition coefficient (Wildman–Crippen LogP) is -0.149. The van der Waals surface area contributed by atoms with Gasteiger partial charge < -0.3 is 16.0 Å². The minimum absolute atomic E-state index is 0.0553. The lowest BCUT2D eigenvalue weighted by Gasteiger charge is -2.33. The van der Waals surface area contributed by atoms with Crippen molar-refractivity contribution in [1.82, 2.24) is 10.2 Å². The van der Waals surface area contributed by atoms with Crippen LogP contribution in [0.5, 0.6) is 0 Å². The number of amides is 2. The molecule has 0 aromatic carbocycles. The molecule has 0 aromatic rings. The Morgan fingerprint density at radius 3 is 2.94 bits per heavy atom. The number of carbonyl (C=O) groups is 2. The van der Waals surface area contributed by atoms with Gasteiger partial charge in [0.15, 0.2) is 0 Å². The summed E-state index contributed by atoms with van der Waals surface area (Å²) in [5.41, 5.74) is 5.97. The van der Waals surface area contributed by atoms with Gasteiger partial charge in [-0.05, 0) is 25.7 Å². The number of hydrogen-bond donors (Lipinski definition) is 2. The van der Waals surface area contributed by atoms with Gasteiger partial charge in [-0.25, -0.2) is 0 Å². The average molecular weight is 239 g/mol. The van der Waals surface area contributed by atoms with Crippen LogP contribution in [0, 0.1) is 5.92 Å². The van der Waals surface area contributed by atoms with Crippen molar-refractivity contribution in [1.29, 1.82) is 0 Å². The Morgan fingerprint density at radius 1 is 1.53 bits per heavy atom. The van der Waals surface area contributed by atoms with Gasteiger partial charge in [0.05, 0.1) is 0 Å². The second-order valence-corrected chi connectivity index (χ2v) is 5.11. The molecule has 0 radical (unpaired) electrons. The van der Waals surface area contributed by atoms with E-state index in [1.54, 1.807) is 11.8 Å². The van der Waals surface area contributed by atoms with E-state index in [4.69, 9.17) is 5.73 Å². The lowest BCUT2D eigenvalue weighted by molar-refractivity contribution is -0.143. The van der Waals surface area contributed by atoms with Gasteiger partial charge in [-0.2, -0.15) is 0 Å². The molecule has 1 aliphatic carbocycles. The molecule has 1 heterocycles. The minimum Gasteiger partial charge on any atom is -0.353 e. The number of hydrogen-bond acceptors (Lipinski definition) is 3. The lowest BCUT2D eigenvalue weighted by Crippen LogP contribution is -2.56. The van der Waals surface area contributed by atoms with Crippen molar-refractivity contribution in [3.63, 3.8) is 0 Å². The summed E-state index contributed by atoms with van der Waals surface area (Å²) >= 11 is 0. The van der Waals surface area contributed by atoms with E-state index >= 15 is 0 Å². The third-order valence-corrected chi connectivity index (χ3v) is 3.97. The molecule has 0 bridgehead atoms. The van der Waals surface area contributed by atoms with Crippen molar-refractivity contribution < 1.29 is 9.59 Å². The van der Waals surface area contributed by atoms with Crippen LogP contribution in [0.15, 0.2) is 0 Å². The van der Waals surface area contributed by atoms with Crippen molar-refractivity contribution >= 4 is 11.8 Å². The zero-order chi connectivity index (χ0) is 12.4. The van der Waals surface area contributed by atoms with Crippen LogP contribution in [-0.4, -0.2) is 41.9 Å². The summed E-state index contributed by atoms with van der Waals surface area (Å²) < 4.78 is 0. The molecule has 1 aliphatic heterocycles. The summed E-state index contributed by atoms with van der Waals surface area (Å²) in [6.07, 6.45) is 3.68.